The van der Waals surface area contributed by atoms with Crippen LogP contribution >= 0.6 is 11.8 Å². The van der Waals surface area contributed by atoms with Gasteiger partial charge in [0.2, 0.25) is 5.91 Å². The van der Waals surface area contributed by atoms with Crippen LogP contribution in [0.25, 0.3) is 21.8 Å². The standard InChI is InChI=1S/C21H18N4O3S/c1-24-19-17(20(27)25(2)21(24)28)10-15(11-22-19)23-18(26)12-29-16-8-7-13-5-3-4-6-14(13)9-16/h3-11H,12H2,1-2H3,(H,23,26). The average molecular weight is 406 g/mol. The highest BCUT2D eigenvalue weighted by atomic mass is 32.2. The Morgan fingerprint density at radius 2 is 1.79 bits per heavy atom. The minimum atomic E-state index is -0.447. The second kappa shape index (κ2) is 7.56. The van der Waals surface area contributed by atoms with E-state index in [1.54, 1.807) is 13.1 Å². The SMILES string of the molecule is Cn1c(=O)c2cc(NC(=O)CSc3ccc4ccccc4c3)cnc2n(C)c1=O. The molecule has 29 heavy (non-hydrogen) atoms. The lowest BCUT2D eigenvalue weighted by Gasteiger charge is -2.09. The molecule has 2 heterocycles. The lowest BCUT2D eigenvalue weighted by Crippen LogP contribution is -2.37. The highest BCUT2D eigenvalue weighted by molar-refractivity contribution is 8.00. The van der Waals surface area contributed by atoms with Gasteiger partial charge in [-0.05, 0) is 29.0 Å². The van der Waals surface area contributed by atoms with Gasteiger partial charge in [0.25, 0.3) is 5.56 Å². The van der Waals surface area contributed by atoms with E-state index in [4.69, 9.17) is 0 Å². The molecule has 4 aromatic rings. The molecule has 8 heteroatoms. The number of aromatic nitrogens is 3. The summed E-state index contributed by atoms with van der Waals surface area (Å²) in [6, 6.07) is 15.7. The van der Waals surface area contributed by atoms with Crippen LogP contribution in [0.5, 0.6) is 0 Å². The van der Waals surface area contributed by atoms with Crippen LogP contribution in [-0.4, -0.2) is 25.8 Å². The van der Waals surface area contributed by atoms with Gasteiger partial charge in [0, 0.05) is 19.0 Å². The number of carbonyl (C=O) groups is 1. The fourth-order valence-electron chi connectivity index (χ4n) is 3.14. The number of thioether (sulfide) groups is 1. The number of benzene rings is 2. The van der Waals surface area contributed by atoms with Crippen molar-refractivity contribution in [2.75, 3.05) is 11.1 Å². The van der Waals surface area contributed by atoms with Crippen molar-refractivity contribution >= 4 is 45.2 Å². The third-order valence-corrected chi connectivity index (χ3v) is 5.66. The molecule has 146 valence electrons. The zero-order valence-corrected chi connectivity index (χ0v) is 16.7. The zero-order chi connectivity index (χ0) is 20.5. The topological polar surface area (TPSA) is 86.0 Å². The largest absolute Gasteiger partial charge is 0.332 e. The quantitative estimate of drug-likeness (QED) is 0.527. The molecule has 0 aliphatic heterocycles. The minimum absolute atomic E-state index is 0.203. The van der Waals surface area contributed by atoms with Crippen LogP contribution in [0.15, 0.2) is 69.2 Å². The first-order valence-electron chi connectivity index (χ1n) is 8.91. The van der Waals surface area contributed by atoms with Crippen LogP contribution in [-0.2, 0) is 18.9 Å². The third kappa shape index (κ3) is 3.66. The number of hydrogen-bond acceptors (Lipinski definition) is 5. The van der Waals surface area contributed by atoms with Crippen LogP contribution in [0.2, 0.25) is 0 Å². The number of nitrogens with one attached hydrogen (secondary N) is 1. The second-order valence-corrected chi connectivity index (χ2v) is 7.70. The van der Waals surface area contributed by atoms with E-state index in [9.17, 15) is 14.4 Å². The van der Waals surface area contributed by atoms with Crippen molar-refractivity contribution in [2.45, 2.75) is 4.90 Å². The van der Waals surface area contributed by atoms with Gasteiger partial charge >= 0.3 is 5.69 Å². The first kappa shape index (κ1) is 18.9. The molecule has 1 amide bonds. The summed E-state index contributed by atoms with van der Waals surface area (Å²) in [5.41, 5.74) is -0.199. The van der Waals surface area contributed by atoms with Gasteiger partial charge in [-0.2, -0.15) is 0 Å². The molecule has 1 N–H and O–H groups in total. The number of fused-ring (bicyclic) bond motifs is 2. The van der Waals surface area contributed by atoms with Crippen molar-refractivity contribution < 1.29 is 4.79 Å². The van der Waals surface area contributed by atoms with Crippen LogP contribution in [0.3, 0.4) is 0 Å². The Labute approximate surface area is 170 Å². The Morgan fingerprint density at radius 3 is 2.59 bits per heavy atom. The van der Waals surface area contributed by atoms with E-state index in [1.165, 1.54) is 29.6 Å². The first-order valence-corrected chi connectivity index (χ1v) is 9.90. The van der Waals surface area contributed by atoms with Crippen molar-refractivity contribution in [3.8, 4) is 0 Å². The number of amides is 1. The van der Waals surface area contributed by atoms with Gasteiger partial charge in [-0.3, -0.25) is 18.7 Å². The fraction of sp³-hybridized carbons (Fsp3) is 0.143. The molecule has 0 saturated carbocycles. The maximum Gasteiger partial charge on any atom is 0.332 e. The number of anilines is 1. The van der Waals surface area contributed by atoms with Crippen molar-refractivity contribution in [1.82, 2.24) is 14.1 Å². The zero-order valence-electron chi connectivity index (χ0n) is 15.9. The highest BCUT2D eigenvalue weighted by Gasteiger charge is 2.11. The molecule has 2 aromatic heterocycles. The van der Waals surface area contributed by atoms with E-state index in [0.717, 1.165) is 20.2 Å². The predicted molar refractivity (Wildman–Crippen MR) is 116 cm³/mol. The van der Waals surface area contributed by atoms with E-state index in [1.807, 2.05) is 36.4 Å². The number of nitrogens with zero attached hydrogens (tertiary/aromatic N) is 3. The molecule has 4 rings (SSSR count). The summed E-state index contributed by atoms with van der Waals surface area (Å²) in [5, 5.41) is 5.31. The van der Waals surface area contributed by atoms with E-state index in [2.05, 4.69) is 16.4 Å². The molecule has 7 nitrogen and oxygen atoms in total. The predicted octanol–water partition coefficient (Wildman–Crippen LogP) is 2.52. The molecule has 0 atom stereocenters. The normalized spacial score (nSPS) is 11.1. The van der Waals surface area contributed by atoms with E-state index < -0.39 is 11.2 Å². The summed E-state index contributed by atoms with van der Waals surface area (Å²) in [6.07, 6.45) is 1.44. The number of hydrogen-bond donors (Lipinski definition) is 1. The van der Waals surface area contributed by atoms with Gasteiger partial charge in [-0.1, -0.05) is 30.3 Å². The van der Waals surface area contributed by atoms with E-state index in [-0.39, 0.29) is 22.7 Å². The van der Waals surface area contributed by atoms with Crippen molar-refractivity contribution in [1.29, 1.82) is 0 Å². The average Bonchev–Trinajstić information content (AvgIpc) is 2.74. The Morgan fingerprint density at radius 1 is 1.03 bits per heavy atom. The van der Waals surface area contributed by atoms with Crippen molar-refractivity contribution in [2.24, 2.45) is 14.1 Å². The molecule has 0 fully saturated rings. The van der Waals surface area contributed by atoms with Crippen LogP contribution in [0, 0.1) is 0 Å². The fourth-order valence-corrected chi connectivity index (χ4v) is 3.88. The van der Waals surface area contributed by atoms with Crippen LogP contribution < -0.4 is 16.6 Å². The lowest BCUT2D eigenvalue weighted by atomic mass is 10.1. The number of aryl methyl sites for hydroxylation is 1. The Kier molecular flexibility index (Phi) is 4.94. The third-order valence-electron chi connectivity index (χ3n) is 4.67. The van der Waals surface area contributed by atoms with E-state index >= 15 is 0 Å². The molecule has 2 aromatic carbocycles. The molecule has 0 aliphatic rings. The summed E-state index contributed by atoms with van der Waals surface area (Å²) in [6.45, 7) is 0. The second-order valence-electron chi connectivity index (χ2n) is 6.65. The van der Waals surface area contributed by atoms with Crippen molar-refractivity contribution in [3.05, 3.63) is 75.6 Å². The maximum atomic E-state index is 12.4. The van der Waals surface area contributed by atoms with E-state index in [0.29, 0.717) is 5.69 Å². The summed E-state index contributed by atoms with van der Waals surface area (Å²) in [5.74, 6) is 0.0211. The van der Waals surface area contributed by atoms with Gasteiger partial charge in [-0.15, -0.1) is 11.8 Å². The van der Waals surface area contributed by atoms with Crippen molar-refractivity contribution in [3.63, 3.8) is 0 Å². The van der Waals surface area contributed by atoms with Gasteiger partial charge < -0.3 is 5.32 Å². The molecule has 0 bridgehead atoms. The van der Waals surface area contributed by atoms with Crippen LogP contribution in [0.4, 0.5) is 5.69 Å². The van der Waals surface area contributed by atoms with Gasteiger partial charge in [0.05, 0.1) is 23.0 Å². The molecule has 0 spiro atoms. The molecular formula is C21H18N4O3S. The molecule has 0 aliphatic carbocycles. The molecule has 0 saturated heterocycles. The Balaban J connectivity index is 1.51. The molecule has 0 unspecified atom stereocenters. The van der Waals surface area contributed by atoms with Gasteiger partial charge in [0.15, 0.2) is 0 Å². The highest BCUT2D eigenvalue weighted by Crippen LogP contribution is 2.24. The number of pyridine rings is 1. The summed E-state index contributed by atoms with van der Waals surface area (Å²) < 4.78 is 2.32. The number of rotatable bonds is 4. The summed E-state index contributed by atoms with van der Waals surface area (Å²) in [4.78, 5) is 41.9. The van der Waals surface area contributed by atoms with Crippen LogP contribution in [0.1, 0.15) is 0 Å². The Bertz CT molecular complexity index is 1370. The molecular weight excluding hydrogens is 388 g/mol. The summed E-state index contributed by atoms with van der Waals surface area (Å²) >= 11 is 1.43. The minimum Gasteiger partial charge on any atom is -0.324 e. The Hall–Kier alpha value is -3.39. The monoisotopic (exact) mass is 406 g/mol. The number of carbonyl (C=O) groups excluding carboxylic acids is 1. The summed E-state index contributed by atoms with van der Waals surface area (Å²) in [7, 11) is 2.96. The lowest BCUT2D eigenvalue weighted by molar-refractivity contribution is -0.113. The maximum absolute atomic E-state index is 12.4. The smallest absolute Gasteiger partial charge is 0.324 e. The van der Waals surface area contributed by atoms with Gasteiger partial charge in [-0.25, -0.2) is 9.78 Å². The molecule has 0 radical (unpaired) electrons. The van der Waals surface area contributed by atoms with Gasteiger partial charge in [0.1, 0.15) is 5.65 Å². The first-order chi connectivity index (χ1) is 13.9.